The topological polar surface area (TPSA) is 49.9 Å². The molecular formula is C49H31N3O. The molecule has 0 saturated heterocycles. The highest BCUT2D eigenvalue weighted by molar-refractivity contribution is 6.18. The maximum Gasteiger partial charge on any atom is 0.159 e. The van der Waals surface area contributed by atoms with Gasteiger partial charge in [-0.15, -0.1) is 0 Å². The van der Waals surface area contributed by atoms with E-state index in [-0.39, 0.29) is 0 Å². The SMILES string of the molecule is c1ccc2cc(C3=NC(c4ccc(-c5cccc6ccccc56)c5oc6cc7ccccc7cc6c45)NC(c4ccc5ccccc5c4)=N3)ccc2c1. The zero-order valence-electron chi connectivity index (χ0n) is 28.6. The van der Waals surface area contributed by atoms with Crippen LogP contribution in [0.5, 0.6) is 0 Å². The summed E-state index contributed by atoms with van der Waals surface area (Å²) in [5, 5.41) is 15.3. The van der Waals surface area contributed by atoms with Crippen LogP contribution in [-0.4, -0.2) is 11.7 Å². The van der Waals surface area contributed by atoms with Crippen LogP contribution in [0.2, 0.25) is 0 Å². The second kappa shape index (κ2) is 11.8. The van der Waals surface area contributed by atoms with Crippen LogP contribution < -0.4 is 5.32 Å². The molecule has 0 amide bonds. The zero-order chi connectivity index (χ0) is 34.9. The average molecular weight is 678 g/mol. The van der Waals surface area contributed by atoms with Gasteiger partial charge in [0.05, 0.1) is 0 Å². The summed E-state index contributed by atoms with van der Waals surface area (Å²) < 4.78 is 6.94. The van der Waals surface area contributed by atoms with Crippen molar-refractivity contribution in [2.75, 3.05) is 0 Å². The number of benzene rings is 9. The van der Waals surface area contributed by atoms with Gasteiger partial charge in [-0.05, 0) is 72.9 Å². The number of fused-ring (bicyclic) bond motifs is 7. The predicted octanol–water partition coefficient (Wildman–Crippen LogP) is 12.4. The predicted molar refractivity (Wildman–Crippen MR) is 221 cm³/mol. The Bertz CT molecular complexity index is 3160. The van der Waals surface area contributed by atoms with E-state index < -0.39 is 6.17 Å². The summed E-state index contributed by atoms with van der Waals surface area (Å²) in [7, 11) is 0. The van der Waals surface area contributed by atoms with Crippen LogP contribution in [0.25, 0.3) is 76.2 Å². The number of nitrogens with zero attached hydrogens (tertiary/aromatic N) is 2. The molecule has 0 radical (unpaired) electrons. The van der Waals surface area contributed by atoms with E-state index in [0.29, 0.717) is 5.84 Å². The average Bonchev–Trinajstić information content (AvgIpc) is 3.60. The Morgan fingerprint density at radius 1 is 0.453 bits per heavy atom. The second-order valence-corrected chi connectivity index (χ2v) is 13.8. The molecule has 0 aliphatic carbocycles. The molecule has 1 aliphatic rings. The van der Waals surface area contributed by atoms with E-state index in [4.69, 9.17) is 14.4 Å². The molecule has 1 N–H and O–H groups in total. The standard InChI is InChI=1S/C49H31N3O/c1-3-13-33-26-37(22-20-30(33)10-1)47-50-48(38-23-21-31-11-2-4-14-34(31)27-38)52-49(51-47)42-25-24-41(40-19-9-17-32-12-7-8-18-39(32)40)46-45(42)43-28-35-15-5-6-16-36(35)29-44(43)53-46/h1-29,49H,(H,50,51,52). The highest BCUT2D eigenvalue weighted by Crippen LogP contribution is 2.43. The molecule has 10 aromatic rings. The summed E-state index contributed by atoms with van der Waals surface area (Å²) in [6.45, 7) is 0. The molecule has 11 rings (SSSR count). The largest absolute Gasteiger partial charge is 0.455 e. The first kappa shape index (κ1) is 29.7. The molecular weight excluding hydrogens is 647 g/mol. The minimum Gasteiger partial charge on any atom is -0.455 e. The molecule has 0 spiro atoms. The van der Waals surface area contributed by atoms with Gasteiger partial charge in [0.2, 0.25) is 0 Å². The van der Waals surface area contributed by atoms with Crippen molar-refractivity contribution in [3.05, 3.63) is 193 Å². The van der Waals surface area contributed by atoms with E-state index >= 15 is 0 Å². The molecule has 1 aromatic heterocycles. The minimum atomic E-state index is -0.438. The first-order valence-electron chi connectivity index (χ1n) is 18.0. The van der Waals surface area contributed by atoms with Crippen molar-refractivity contribution < 1.29 is 4.42 Å². The maximum absolute atomic E-state index is 6.94. The van der Waals surface area contributed by atoms with Crippen molar-refractivity contribution in [2.24, 2.45) is 9.98 Å². The highest BCUT2D eigenvalue weighted by atomic mass is 16.3. The normalized spacial score (nSPS) is 14.6. The number of nitrogens with one attached hydrogen (secondary N) is 1. The lowest BCUT2D eigenvalue weighted by Crippen LogP contribution is -2.33. The van der Waals surface area contributed by atoms with E-state index in [1.807, 2.05) is 0 Å². The molecule has 1 atom stereocenters. The summed E-state index contributed by atoms with van der Waals surface area (Å²) in [5.74, 6) is 1.47. The van der Waals surface area contributed by atoms with Crippen LogP contribution in [0, 0.1) is 0 Å². The van der Waals surface area contributed by atoms with Crippen molar-refractivity contribution in [3.63, 3.8) is 0 Å². The fourth-order valence-corrected chi connectivity index (χ4v) is 8.04. The number of hydrogen-bond acceptors (Lipinski definition) is 4. The van der Waals surface area contributed by atoms with Gasteiger partial charge in [0.1, 0.15) is 23.2 Å². The van der Waals surface area contributed by atoms with Crippen LogP contribution in [0.4, 0.5) is 0 Å². The molecule has 1 aliphatic heterocycles. The summed E-state index contributed by atoms with van der Waals surface area (Å²) in [6.07, 6.45) is -0.438. The van der Waals surface area contributed by atoms with Crippen LogP contribution >= 0.6 is 0 Å². The van der Waals surface area contributed by atoms with Gasteiger partial charge in [0, 0.05) is 33.0 Å². The smallest absolute Gasteiger partial charge is 0.159 e. The Morgan fingerprint density at radius 2 is 1.06 bits per heavy atom. The maximum atomic E-state index is 6.94. The number of aliphatic imine (C=N–C) groups is 2. The lowest BCUT2D eigenvalue weighted by Gasteiger charge is -2.25. The van der Waals surface area contributed by atoms with Crippen LogP contribution in [0.1, 0.15) is 22.9 Å². The van der Waals surface area contributed by atoms with Gasteiger partial charge in [0.15, 0.2) is 5.84 Å². The Morgan fingerprint density at radius 3 is 1.81 bits per heavy atom. The Kier molecular flexibility index (Phi) is 6.58. The molecule has 0 saturated carbocycles. The Labute approximate surface area is 305 Å². The van der Waals surface area contributed by atoms with Crippen molar-refractivity contribution >= 4 is 76.7 Å². The fraction of sp³-hybridized carbons (Fsp3) is 0.0204. The van der Waals surface area contributed by atoms with Crippen molar-refractivity contribution in [2.45, 2.75) is 6.17 Å². The van der Waals surface area contributed by atoms with E-state index in [2.05, 4.69) is 181 Å². The third-order valence-electron chi connectivity index (χ3n) is 10.7. The first-order valence-corrected chi connectivity index (χ1v) is 18.0. The summed E-state index contributed by atoms with van der Waals surface area (Å²) in [5.41, 5.74) is 6.91. The highest BCUT2D eigenvalue weighted by Gasteiger charge is 2.27. The van der Waals surface area contributed by atoms with E-state index in [1.54, 1.807) is 0 Å². The third-order valence-corrected chi connectivity index (χ3v) is 10.7. The van der Waals surface area contributed by atoms with E-state index in [9.17, 15) is 0 Å². The van der Waals surface area contributed by atoms with Gasteiger partial charge in [-0.3, -0.25) is 0 Å². The summed E-state index contributed by atoms with van der Waals surface area (Å²) >= 11 is 0. The molecule has 9 aromatic carbocycles. The van der Waals surface area contributed by atoms with Gasteiger partial charge in [-0.25, -0.2) is 9.98 Å². The lowest BCUT2D eigenvalue weighted by atomic mass is 9.93. The van der Waals surface area contributed by atoms with Crippen molar-refractivity contribution in [1.29, 1.82) is 0 Å². The molecule has 248 valence electrons. The third kappa shape index (κ3) is 4.91. The quantitative estimate of drug-likeness (QED) is 0.202. The Hall–Kier alpha value is -7.04. The van der Waals surface area contributed by atoms with Gasteiger partial charge < -0.3 is 9.73 Å². The molecule has 2 heterocycles. The second-order valence-electron chi connectivity index (χ2n) is 13.8. The fourth-order valence-electron chi connectivity index (χ4n) is 8.04. The van der Waals surface area contributed by atoms with E-state index in [0.717, 1.165) is 71.8 Å². The van der Waals surface area contributed by atoms with Crippen LogP contribution in [0.15, 0.2) is 190 Å². The van der Waals surface area contributed by atoms with Crippen molar-refractivity contribution in [1.82, 2.24) is 5.32 Å². The van der Waals surface area contributed by atoms with Crippen LogP contribution in [-0.2, 0) is 0 Å². The van der Waals surface area contributed by atoms with Gasteiger partial charge in [-0.2, -0.15) is 0 Å². The zero-order valence-corrected chi connectivity index (χ0v) is 28.6. The summed E-state index contributed by atoms with van der Waals surface area (Å²) in [4.78, 5) is 10.6. The molecule has 0 bridgehead atoms. The van der Waals surface area contributed by atoms with Gasteiger partial charge in [-0.1, -0.05) is 152 Å². The number of amidine groups is 2. The first-order chi connectivity index (χ1) is 26.2. The Balaban J connectivity index is 1.16. The molecule has 53 heavy (non-hydrogen) atoms. The van der Waals surface area contributed by atoms with E-state index in [1.165, 1.54) is 26.9 Å². The van der Waals surface area contributed by atoms with Gasteiger partial charge in [0.25, 0.3) is 0 Å². The lowest BCUT2D eigenvalue weighted by molar-refractivity contribution is 0.663. The van der Waals surface area contributed by atoms with Crippen LogP contribution in [0.3, 0.4) is 0 Å². The van der Waals surface area contributed by atoms with Gasteiger partial charge >= 0.3 is 0 Å². The molecule has 4 nitrogen and oxygen atoms in total. The minimum absolute atomic E-state index is 0.438. The molecule has 4 heteroatoms. The number of rotatable bonds is 4. The number of hydrogen-bond donors (Lipinski definition) is 1. The molecule has 1 unspecified atom stereocenters. The van der Waals surface area contributed by atoms with Crippen molar-refractivity contribution in [3.8, 4) is 11.1 Å². The monoisotopic (exact) mass is 677 g/mol. The summed E-state index contributed by atoms with van der Waals surface area (Å²) in [6, 6.07) is 62.2. The number of furan rings is 1. The molecule has 0 fully saturated rings.